The molecule has 5 nitrogen and oxygen atoms in total. The standard InChI is InChI=1S/C24H24N4O/c1-16-5-3-6-17(11-16)18-8-9-19-12-21(20-7-4-10-26-15-20)14-24(22(19)13-18)27-23(25)28(2)29-24/h3-11,13,15,21H,12,14H2,1-2H3,(H2,25,27). The highest BCUT2D eigenvalue weighted by atomic mass is 16.7. The Morgan fingerprint density at radius 3 is 2.69 bits per heavy atom. The normalized spacial score (nSPS) is 23.2. The molecule has 1 aliphatic carbocycles. The summed E-state index contributed by atoms with van der Waals surface area (Å²) >= 11 is 0. The number of rotatable bonds is 2. The van der Waals surface area contributed by atoms with Gasteiger partial charge in [-0.15, -0.1) is 0 Å². The first-order valence-electron chi connectivity index (χ1n) is 9.93. The highest BCUT2D eigenvalue weighted by Crippen LogP contribution is 2.48. The van der Waals surface area contributed by atoms with Crippen LogP contribution in [0.5, 0.6) is 0 Å². The average molecular weight is 384 g/mol. The van der Waals surface area contributed by atoms with E-state index in [9.17, 15) is 0 Å². The smallest absolute Gasteiger partial charge is 0.218 e. The average Bonchev–Trinajstić information content (AvgIpc) is 3.02. The molecule has 2 N–H and O–H groups in total. The highest BCUT2D eigenvalue weighted by molar-refractivity contribution is 5.79. The molecule has 0 saturated heterocycles. The van der Waals surface area contributed by atoms with E-state index in [1.807, 2.05) is 19.3 Å². The lowest BCUT2D eigenvalue weighted by Crippen LogP contribution is -2.36. The molecule has 5 rings (SSSR count). The number of aliphatic imine (C=N–C) groups is 1. The Labute approximate surface area is 170 Å². The largest absolute Gasteiger partial charge is 0.368 e. The number of benzene rings is 2. The van der Waals surface area contributed by atoms with Gasteiger partial charge < -0.3 is 5.73 Å². The molecular weight excluding hydrogens is 360 g/mol. The summed E-state index contributed by atoms with van der Waals surface area (Å²) in [6, 6.07) is 19.3. The summed E-state index contributed by atoms with van der Waals surface area (Å²) in [5.74, 6) is 0.674. The van der Waals surface area contributed by atoms with Gasteiger partial charge >= 0.3 is 0 Å². The molecule has 0 radical (unpaired) electrons. The van der Waals surface area contributed by atoms with Crippen LogP contribution < -0.4 is 5.73 Å². The maximum Gasteiger partial charge on any atom is 0.218 e. The van der Waals surface area contributed by atoms with Crippen LogP contribution in [0.15, 0.2) is 72.0 Å². The van der Waals surface area contributed by atoms with Crippen LogP contribution in [0, 0.1) is 6.92 Å². The number of nitrogens with two attached hydrogens (primary N) is 1. The summed E-state index contributed by atoms with van der Waals surface area (Å²) in [5, 5.41) is 1.58. The quantitative estimate of drug-likeness (QED) is 0.721. The molecule has 2 heterocycles. The van der Waals surface area contributed by atoms with Gasteiger partial charge in [0, 0.05) is 31.4 Å². The van der Waals surface area contributed by atoms with E-state index in [4.69, 9.17) is 15.6 Å². The summed E-state index contributed by atoms with van der Waals surface area (Å²) < 4.78 is 0. The highest BCUT2D eigenvalue weighted by Gasteiger charge is 2.47. The molecule has 2 aromatic carbocycles. The SMILES string of the molecule is Cc1cccc(-c2ccc3c(c2)C2(CC(c4cccnc4)C3)N=C(N)N(C)O2)c1. The van der Waals surface area contributed by atoms with Crippen molar-refractivity contribution in [1.82, 2.24) is 10.0 Å². The Morgan fingerprint density at radius 2 is 1.97 bits per heavy atom. The van der Waals surface area contributed by atoms with Gasteiger partial charge in [-0.05, 0) is 53.6 Å². The lowest BCUT2D eigenvalue weighted by atomic mass is 9.75. The summed E-state index contributed by atoms with van der Waals surface area (Å²) in [5.41, 5.74) is 12.5. The number of aromatic nitrogens is 1. The monoisotopic (exact) mass is 384 g/mol. The fourth-order valence-electron chi connectivity index (χ4n) is 4.50. The predicted molar refractivity (Wildman–Crippen MR) is 114 cm³/mol. The minimum absolute atomic E-state index is 0.268. The van der Waals surface area contributed by atoms with Crippen molar-refractivity contribution in [3.63, 3.8) is 0 Å². The summed E-state index contributed by atoms with van der Waals surface area (Å²) in [4.78, 5) is 15.4. The van der Waals surface area contributed by atoms with E-state index in [1.54, 1.807) is 11.3 Å². The Balaban J connectivity index is 1.63. The van der Waals surface area contributed by atoms with Crippen LogP contribution in [0.3, 0.4) is 0 Å². The number of fused-ring (bicyclic) bond motifs is 2. The number of hydroxylamine groups is 2. The molecule has 29 heavy (non-hydrogen) atoms. The topological polar surface area (TPSA) is 63.7 Å². The molecule has 2 atom stereocenters. The number of guanidine groups is 1. The maximum absolute atomic E-state index is 6.28. The van der Waals surface area contributed by atoms with Gasteiger partial charge in [0.1, 0.15) is 0 Å². The number of hydrogen-bond acceptors (Lipinski definition) is 5. The molecule has 2 unspecified atom stereocenters. The fraction of sp³-hybridized carbons (Fsp3) is 0.250. The summed E-state index contributed by atoms with van der Waals surface area (Å²) in [7, 11) is 1.81. The molecule has 0 amide bonds. The van der Waals surface area contributed by atoms with Crippen LogP contribution in [-0.2, 0) is 17.0 Å². The second kappa shape index (κ2) is 6.71. The molecule has 1 spiro atoms. The van der Waals surface area contributed by atoms with Crippen molar-refractivity contribution in [2.75, 3.05) is 7.05 Å². The Kier molecular flexibility index (Phi) is 4.14. The summed E-state index contributed by atoms with van der Waals surface area (Å²) in [6.45, 7) is 2.11. The van der Waals surface area contributed by atoms with Crippen molar-refractivity contribution in [3.8, 4) is 11.1 Å². The molecule has 0 bridgehead atoms. The number of aryl methyl sites for hydroxylation is 1. The Morgan fingerprint density at radius 1 is 1.10 bits per heavy atom. The van der Waals surface area contributed by atoms with Crippen LogP contribution in [0.1, 0.15) is 34.6 Å². The number of nitrogens with zero attached hydrogens (tertiary/aromatic N) is 3. The molecule has 146 valence electrons. The third-order valence-corrected chi connectivity index (χ3v) is 5.93. The van der Waals surface area contributed by atoms with Gasteiger partial charge in [0.15, 0.2) is 0 Å². The predicted octanol–water partition coefficient (Wildman–Crippen LogP) is 4.13. The van der Waals surface area contributed by atoms with Crippen molar-refractivity contribution in [2.24, 2.45) is 10.7 Å². The third kappa shape index (κ3) is 3.08. The second-order valence-corrected chi connectivity index (χ2v) is 7.98. The zero-order chi connectivity index (χ0) is 20.0. The van der Waals surface area contributed by atoms with Gasteiger partial charge in [0.2, 0.25) is 11.7 Å². The van der Waals surface area contributed by atoms with Gasteiger partial charge in [-0.3, -0.25) is 4.98 Å². The molecule has 0 saturated carbocycles. The lowest BCUT2D eigenvalue weighted by Gasteiger charge is -2.37. The summed E-state index contributed by atoms with van der Waals surface area (Å²) in [6.07, 6.45) is 5.41. The number of pyridine rings is 1. The van der Waals surface area contributed by atoms with E-state index in [0.717, 1.165) is 18.4 Å². The fourth-order valence-corrected chi connectivity index (χ4v) is 4.50. The Bertz CT molecular complexity index is 1100. The van der Waals surface area contributed by atoms with Gasteiger partial charge in [0.05, 0.1) is 0 Å². The first kappa shape index (κ1) is 17.9. The van der Waals surface area contributed by atoms with E-state index in [2.05, 4.69) is 60.4 Å². The first-order valence-corrected chi connectivity index (χ1v) is 9.93. The van der Waals surface area contributed by atoms with Gasteiger partial charge in [0.25, 0.3) is 0 Å². The maximum atomic E-state index is 6.28. The minimum atomic E-state index is -0.799. The van der Waals surface area contributed by atoms with Crippen LogP contribution in [-0.4, -0.2) is 23.1 Å². The molecule has 0 fully saturated rings. The van der Waals surface area contributed by atoms with E-state index < -0.39 is 5.72 Å². The minimum Gasteiger partial charge on any atom is -0.368 e. The number of hydrogen-bond donors (Lipinski definition) is 1. The molecule has 1 aliphatic heterocycles. The molecule has 3 aromatic rings. The van der Waals surface area contributed by atoms with E-state index in [-0.39, 0.29) is 5.92 Å². The Hall–Kier alpha value is -3.18. The zero-order valence-corrected chi connectivity index (χ0v) is 16.7. The van der Waals surface area contributed by atoms with Crippen molar-refractivity contribution in [1.29, 1.82) is 0 Å². The molecule has 2 aliphatic rings. The van der Waals surface area contributed by atoms with Crippen LogP contribution in [0.2, 0.25) is 0 Å². The van der Waals surface area contributed by atoms with E-state index in [1.165, 1.54) is 27.8 Å². The lowest BCUT2D eigenvalue weighted by molar-refractivity contribution is -0.181. The van der Waals surface area contributed by atoms with Gasteiger partial charge in [-0.2, -0.15) is 0 Å². The third-order valence-electron chi connectivity index (χ3n) is 5.93. The van der Waals surface area contributed by atoms with E-state index in [0.29, 0.717) is 5.96 Å². The van der Waals surface area contributed by atoms with Crippen molar-refractivity contribution >= 4 is 5.96 Å². The van der Waals surface area contributed by atoms with E-state index >= 15 is 0 Å². The second-order valence-electron chi connectivity index (χ2n) is 7.98. The zero-order valence-electron chi connectivity index (χ0n) is 16.7. The van der Waals surface area contributed by atoms with Gasteiger partial charge in [-0.25, -0.2) is 14.9 Å². The first-order chi connectivity index (χ1) is 14.0. The van der Waals surface area contributed by atoms with Crippen LogP contribution in [0.4, 0.5) is 0 Å². The van der Waals surface area contributed by atoms with Crippen LogP contribution in [0.25, 0.3) is 11.1 Å². The van der Waals surface area contributed by atoms with Crippen LogP contribution >= 0.6 is 0 Å². The molecule has 5 heteroatoms. The van der Waals surface area contributed by atoms with Crippen molar-refractivity contribution < 1.29 is 4.84 Å². The van der Waals surface area contributed by atoms with Gasteiger partial charge in [-0.1, -0.05) is 48.0 Å². The van der Waals surface area contributed by atoms with Crippen molar-refractivity contribution in [2.45, 2.75) is 31.4 Å². The molecule has 1 aromatic heterocycles. The van der Waals surface area contributed by atoms with Crippen molar-refractivity contribution in [3.05, 3.63) is 89.2 Å². The molecular formula is C24H24N4O.